The average molecular weight is 281 g/mol. The first-order chi connectivity index (χ1) is 9.56. The van der Waals surface area contributed by atoms with Crippen molar-refractivity contribution < 1.29 is 14.4 Å². The minimum Gasteiger partial charge on any atom is -0.368 e. The number of nitrogens with two attached hydrogens (primary N) is 1. The molecule has 2 atom stereocenters. The third kappa shape index (κ3) is 2.78. The smallest absolute Gasteiger partial charge is 0.246 e. The lowest BCUT2D eigenvalue weighted by atomic mass is 10.1. The summed E-state index contributed by atoms with van der Waals surface area (Å²) in [5, 5.41) is 0. The SMILES string of the molecule is CCCC(=O)N1CCCC1C(=O)N1CCCC1C(N)=O. The molecule has 2 unspecified atom stereocenters. The largest absolute Gasteiger partial charge is 0.368 e. The Morgan fingerprint density at radius 1 is 1.05 bits per heavy atom. The van der Waals surface area contributed by atoms with E-state index in [-0.39, 0.29) is 11.8 Å². The molecule has 20 heavy (non-hydrogen) atoms. The summed E-state index contributed by atoms with van der Waals surface area (Å²) in [6.45, 7) is 3.16. The second-order valence-corrected chi connectivity index (χ2v) is 5.59. The molecule has 2 aliphatic heterocycles. The predicted octanol–water partition coefficient (Wildman–Crippen LogP) is 0.254. The number of hydrogen-bond donors (Lipinski definition) is 1. The number of carbonyl (C=O) groups is 3. The molecule has 0 aromatic heterocycles. The van der Waals surface area contributed by atoms with Crippen molar-refractivity contribution in [2.24, 2.45) is 5.73 Å². The Morgan fingerprint density at radius 3 is 2.25 bits per heavy atom. The van der Waals surface area contributed by atoms with Gasteiger partial charge in [-0.25, -0.2) is 0 Å². The van der Waals surface area contributed by atoms with Gasteiger partial charge in [0.05, 0.1) is 0 Å². The lowest BCUT2D eigenvalue weighted by molar-refractivity contribution is -0.146. The summed E-state index contributed by atoms with van der Waals surface area (Å²) < 4.78 is 0. The number of hydrogen-bond acceptors (Lipinski definition) is 3. The van der Waals surface area contributed by atoms with Crippen LogP contribution in [0, 0.1) is 0 Å². The van der Waals surface area contributed by atoms with Crippen LogP contribution in [0.1, 0.15) is 45.4 Å². The number of likely N-dealkylation sites (tertiary alicyclic amines) is 2. The van der Waals surface area contributed by atoms with Gasteiger partial charge in [0.2, 0.25) is 17.7 Å². The molecule has 2 N–H and O–H groups in total. The molecule has 0 radical (unpaired) electrons. The van der Waals surface area contributed by atoms with Crippen molar-refractivity contribution in [2.75, 3.05) is 13.1 Å². The molecule has 2 fully saturated rings. The van der Waals surface area contributed by atoms with Crippen LogP contribution in [0.15, 0.2) is 0 Å². The van der Waals surface area contributed by atoms with Crippen molar-refractivity contribution in [3.8, 4) is 0 Å². The first-order valence-corrected chi connectivity index (χ1v) is 7.45. The molecule has 6 heteroatoms. The van der Waals surface area contributed by atoms with E-state index in [9.17, 15) is 14.4 Å². The molecule has 0 aromatic carbocycles. The van der Waals surface area contributed by atoms with Crippen molar-refractivity contribution >= 4 is 17.7 Å². The van der Waals surface area contributed by atoms with Gasteiger partial charge in [0, 0.05) is 19.5 Å². The molecule has 0 bridgehead atoms. The first-order valence-electron chi connectivity index (χ1n) is 7.45. The fraction of sp³-hybridized carbons (Fsp3) is 0.786. The second kappa shape index (κ2) is 6.24. The van der Waals surface area contributed by atoms with Gasteiger partial charge >= 0.3 is 0 Å². The van der Waals surface area contributed by atoms with Crippen LogP contribution in [0.25, 0.3) is 0 Å². The number of carbonyl (C=O) groups excluding carboxylic acids is 3. The molecule has 2 aliphatic rings. The Kier molecular flexibility index (Phi) is 4.62. The Bertz CT molecular complexity index is 410. The Hall–Kier alpha value is -1.59. The van der Waals surface area contributed by atoms with E-state index in [1.807, 2.05) is 6.92 Å². The van der Waals surface area contributed by atoms with E-state index >= 15 is 0 Å². The molecule has 3 amide bonds. The Morgan fingerprint density at radius 2 is 1.65 bits per heavy atom. The van der Waals surface area contributed by atoms with E-state index in [2.05, 4.69) is 0 Å². The maximum atomic E-state index is 12.6. The summed E-state index contributed by atoms with van der Waals surface area (Å²) in [6.07, 6.45) is 4.23. The molecule has 0 spiro atoms. The average Bonchev–Trinajstić information content (AvgIpc) is 3.07. The maximum Gasteiger partial charge on any atom is 0.246 e. The van der Waals surface area contributed by atoms with Crippen molar-refractivity contribution in [1.82, 2.24) is 9.80 Å². The number of nitrogens with zero attached hydrogens (tertiary/aromatic N) is 2. The molecule has 0 saturated carbocycles. The van der Waals surface area contributed by atoms with Gasteiger partial charge in [-0.1, -0.05) is 6.92 Å². The zero-order chi connectivity index (χ0) is 14.7. The fourth-order valence-electron chi connectivity index (χ4n) is 3.20. The molecule has 2 heterocycles. The van der Waals surface area contributed by atoms with E-state index in [0.717, 1.165) is 19.3 Å². The highest BCUT2D eigenvalue weighted by atomic mass is 16.2. The highest BCUT2D eigenvalue weighted by Crippen LogP contribution is 2.25. The summed E-state index contributed by atoms with van der Waals surface area (Å²) in [5.74, 6) is -0.508. The number of rotatable bonds is 4. The summed E-state index contributed by atoms with van der Waals surface area (Å²) in [5.41, 5.74) is 5.35. The van der Waals surface area contributed by atoms with Crippen LogP contribution in [0.3, 0.4) is 0 Å². The first kappa shape index (κ1) is 14.8. The minimum atomic E-state index is -0.494. The second-order valence-electron chi connectivity index (χ2n) is 5.59. The van der Waals surface area contributed by atoms with E-state index in [0.29, 0.717) is 32.4 Å². The quantitative estimate of drug-likeness (QED) is 0.802. The molecule has 0 aromatic rings. The van der Waals surface area contributed by atoms with Crippen LogP contribution >= 0.6 is 0 Å². The molecular formula is C14H23N3O3. The van der Waals surface area contributed by atoms with E-state index in [1.54, 1.807) is 9.80 Å². The van der Waals surface area contributed by atoms with Crippen LogP contribution in [0.4, 0.5) is 0 Å². The fourth-order valence-corrected chi connectivity index (χ4v) is 3.20. The van der Waals surface area contributed by atoms with Gasteiger partial charge in [0.25, 0.3) is 0 Å². The highest BCUT2D eigenvalue weighted by molar-refractivity contribution is 5.92. The van der Waals surface area contributed by atoms with Crippen molar-refractivity contribution in [3.63, 3.8) is 0 Å². The Balaban J connectivity index is 2.07. The van der Waals surface area contributed by atoms with Gasteiger partial charge in [-0.2, -0.15) is 0 Å². The molecule has 2 rings (SSSR count). The Labute approximate surface area is 119 Å². The van der Waals surface area contributed by atoms with Crippen LogP contribution < -0.4 is 5.73 Å². The lowest BCUT2D eigenvalue weighted by Gasteiger charge is -2.30. The molecular weight excluding hydrogens is 258 g/mol. The van der Waals surface area contributed by atoms with Crippen molar-refractivity contribution in [2.45, 2.75) is 57.5 Å². The van der Waals surface area contributed by atoms with Gasteiger partial charge in [-0.15, -0.1) is 0 Å². The summed E-state index contributed by atoms with van der Waals surface area (Å²) in [6, 6.07) is -0.889. The van der Waals surface area contributed by atoms with E-state index in [4.69, 9.17) is 5.73 Å². The summed E-state index contributed by atoms with van der Waals surface area (Å²) >= 11 is 0. The van der Waals surface area contributed by atoms with Crippen molar-refractivity contribution in [3.05, 3.63) is 0 Å². The zero-order valence-electron chi connectivity index (χ0n) is 12.0. The van der Waals surface area contributed by atoms with Crippen LogP contribution in [-0.2, 0) is 14.4 Å². The minimum absolute atomic E-state index is 0.0400. The third-order valence-electron chi connectivity index (χ3n) is 4.19. The van der Waals surface area contributed by atoms with Gasteiger partial charge in [0.1, 0.15) is 12.1 Å². The van der Waals surface area contributed by atoms with Gasteiger partial charge in [-0.3, -0.25) is 14.4 Å². The molecule has 112 valence electrons. The lowest BCUT2D eigenvalue weighted by Crippen LogP contribution is -2.52. The van der Waals surface area contributed by atoms with Gasteiger partial charge < -0.3 is 15.5 Å². The number of amides is 3. The molecule has 6 nitrogen and oxygen atoms in total. The molecule has 2 saturated heterocycles. The van der Waals surface area contributed by atoms with E-state index in [1.165, 1.54) is 0 Å². The normalized spacial score (nSPS) is 26.1. The number of primary amides is 1. The third-order valence-corrected chi connectivity index (χ3v) is 4.19. The van der Waals surface area contributed by atoms with E-state index < -0.39 is 18.0 Å². The van der Waals surface area contributed by atoms with Gasteiger partial charge in [0.15, 0.2) is 0 Å². The predicted molar refractivity (Wildman–Crippen MR) is 73.6 cm³/mol. The van der Waals surface area contributed by atoms with Crippen molar-refractivity contribution in [1.29, 1.82) is 0 Å². The highest BCUT2D eigenvalue weighted by Gasteiger charge is 2.41. The summed E-state index contributed by atoms with van der Waals surface area (Å²) in [7, 11) is 0. The monoisotopic (exact) mass is 281 g/mol. The topological polar surface area (TPSA) is 83.7 Å². The zero-order valence-corrected chi connectivity index (χ0v) is 12.0. The van der Waals surface area contributed by atoms with Crippen LogP contribution in [0.5, 0.6) is 0 Å². The van der Waals surface area contributed by atoms with Gasteiger partial charge in [-0.05, 0) is 32.1 Å². The summed E-state index contributed by atoms with van der Waals surface area (Å²) in [4.78, 5) is 39.3. The van der Waals surface area contributed by atoms with Crippen LogP contribution in [-0.4, -0.2) is 52.7 Å². The van der Waals surface area contributed by atoms with Crippen LogP contribution in [0.2, 0.25) is 0 Å². The maximum absolute atomic E-state index is 12.6. The molecule has 0 aliphatic carbocycles. The standard InChI is InChI=1S/C14H23N3O3/c1-2-5-12(18)16-8-4-7-11(16)14(20)17-9-3-6-10(17)13(15)19/h10-11H,2-9H2,1H3,(H2,15,19).